The van der Waals surface area contributed by atoms with E-state index in [1.807, 2.05) is 0 Å². The molecule has 1 aromatic carbocycles. The summed E-state index contributed by atoms with van der Waals surface area (Å²) >= 11 is 1.04. The molecule has 0 unspecified atom stereocenters. The number of hydrogen-bond acceptors (Lipinski definition) is 6. The van der Waals surface area contributed by atoms with E-state index in [1.54, 1.807) is 0 Å². The molecule has 6 nitrogen and oxygen atoms in total. The number of carbonyl (C=O) groups is 2. The monoisotopic (exact) mass is 313 g/mol. The number of aromatic nitrogens is 1. The molecule has 0 saturated heterocycles. The highest BCUT2D eigenvalue weighted by Gasteiger charge is 2.19. The van der Waals surface area contributed by atoms with E-state index in [1.165, 1.54) is 5.38 Å². The van der Waals surface area contributed by atoms with Crippen LogP contribution >= 0.6 is 11.3 Å². The van der Waals surface area contributed by atoms with Gasteiger partial charge in [-0.2, -0.15) is 0 Å². The zero-order valence-electron chi connectivity index (χ0n) is 10.6. The molecule has 1 heterocycles. The van der Waals surface area contributed by atoms with Gasteiger partial charge in [-0.3, -0.25) is 4.79 Å². The maximum atomic E-state index is 13.6. The van der Waals surface area contributed by atoms with Gasteiger partial charge in [0.25, 0.3) is 5.91 Å². The van der Waals surface area contributed by atoms with E-state index in [9.17, 15) is 18.4 Å². The Bertz CT molecular complexity index is 718. The second-order valence-corrected chi connectivity index (χ2v) is 4.72. The fraction of sp³-hybridized carbons (Fsp3) is 0.0833. The lowest BCUT2D eigenvalue weighted by Crippen LogP contribution is -2.15. The third kappa shape index (κ3) is 3.14. The van der Waals surface area contributed by atoms with Crippen molar-refractivity contribution in [2.24, 2.45) is 0 Å². The van der Waals surface area contributed by atoms with Crippen LogP contribution in [0.25, 0.3) is 0 Å². The second kappa shape index (κ2) is 5.83. The minimum absolute atomic E-state index is 0.0131. The number of rotatable bonds is 3. The largest absolute Gasteiger partial charge is 0.465 e. The molecule has 0 radical (unpaired) electrons. The van der Waals surface area contributed by atoms with Gasteiger partial charge in [0.2, 0.25) is 0 Å². The summed E-state index contributed by atoms with van der Waals surface area (Å²) in [7, 11) is 1.06. The third-order valence-electron chi connectivity index (χ3n) is 2.46. The molecule has 1 amide bonds. The first kappa shape index (κ1) is 14.9. The molecular weight excluding hydrogens is 304 g/mol. The molecule has 21 heavy (non-hydrogen) atoms. The Kier molecular flexibility index (Phi) is 4.13. The molecule has 0 saturated carbocycles. The molecule has 0 fully saturated rings. The van der Waals surface area contributed by atoms with E-state index in [4.69, 9.17) is 5.73 Å². The fourth-order valence-electron chi connectivity index (χ4n) is 1.49. The quantitative estimate of drug-likeness (QED) is 0.846. The van der Waals surface area contributed by atoms with Gasteiger partial charge >= 0.3 is 5.97 Å². The van der Waals surface area contributed by atoms with Gasteiger partial charge < -0.3 is 15.8 Å². The van der Waals surface area contributed by atoms with Gasteiger partial charge in [0, 0.05) is 11.4 Å². The van der Waals surface area contributed by atoms with Crippen molar-refractivity contribution in [1.82, 2.24) is 4.98 Å². The average molecular weight is 313 g/mol. The Morgan fingerprint density at radius 1 is 1.33 bits per heavy atom. The van der Waals surface area contributed by atoms with Crippen LogP contribution in [0.15, 0.2) is 17.5 Å². The molecule has 0 aliphatic carbocycles. The van der Waals surface area contributed by atoms with Crippen LogP contribution < -0.4 is 11.1 Å². The predicted molar refractivity (Wildman–Crippen MR) is 72.2 cm³/mol. The lowest BCUT2D eigenvalue weighted by Gasteiger charge is -2.08. The highest BCUT2D eigenvalue weighted by atomic mass is 32.1. The summed E-state index contributed by atoms with van der Waals surface area (Å²) in [6.45, 7) is 0. The number of hydrogen-bond donors (Lipinski definition) is 2. The Labute approximate surface area is 121 Å². The van der Waals surface area contributed by atoms with Crippen molar-refractivity contribution in [3.8, 4) is 0 Å². The Morgan fingerprint density at radius 3 is 2.62 bits per heavy atom. The molecule has 110 valence electrons. The minimum Gasteiger partial charge on any atom is -0.465 e. The number of ether oxygens (including phenoxy) is 1. The highest BCUT2D eigenvalue weighted by Crippen LogP contribution is 2.21. The molecule has 9 heteroatoms. The summed E-state index contributed by atoms with van der Waals surface area (Å²) < 4.78 is 31.4. The number of anilines is 2. The lowest BCUT2D eigenvalue weighted by atomic mass is 10.1. The van der Waals surface area contributed by atoms with Gasteiger partial charge in [-0.05, 0) is 6.07 Å². The molecule has 0 atom stereocenters. The second-order valence-electron chi connectivity index (χ2n) is 3.83. The fourth-order valence-corrected chi connectivity index (χ4v) is 2.03. The molecule has 0 aliphatic rings. The highest BCUT2D eigenvalue weighted by molar-refractivity contribution is 7.13. The normalized spacial score (nSPS) is 10.2. The zero-order chi connectivity index (χ0) is 15.6. The first-order valence-corrected chi connectivity index (χ1v) is 6.40. The summed E-state index contributed by atoms with van der Waals surface area (Å²) in [5, 5.41) is 3.74. The van der Waals surface area contributed by atoms with E-state index in [2.05, 4.69) is 15.0 Å². The van der Waals surface area contributed by atoms with E-state index in [0.717, 1.165) is 24.5 Å². The van der Waals surface area contributed by atoms with Crippen LogP contribution in [0.5, 0.6) is 0 Å². The summed E-state index contributed by atoms with van der Waals surface area (Å²) in [6.07, 6.45) is 0. The van der Waals surface area contributed by atoms with Gasteiger partial charge in [0.05, 0.1) is 18.4 Å². The van der Waals surface area contributed by atoms with Crippen molar-refractivity contribution in [3.05, 3.63) is 40.4 Å². The van der Waals surface area contributed by atoms with Crippen molar-refractivity contribution in [3.63, 3.8) is 0 Å². The molecule has 0 spiro atoms. The van der Waals surface area contributed by atoms with Crippen LogP contribution in [0.3, 0.4) is 0 Å². The van der Waals surface area contributed by atoms with Gasteiger partial charge in [-0.15, -0.1) is 11.3 Å². The topological polar surface area (TPSA) is 94.3 Å². The van der Waals surface area contributed by atoms with E-state index >= 15 is 0 Å². The number of thiazole rings is 1. The van der Waals surface area contributed by atoms with Gasteiger partial charge in [0.1, 0.15) is 17.3 Å². The lowest BCUT2D eigenvalue weighted by molar-refractivity contribution is 0.0595. The number of nitrogens with one attached hydrogen (secondary N) is 1. The Balaban J connectivity index is 2.31. The van der Waals surface area contributed by atoms with Crippen molar-refractivity contribution in [2.45, 2.75) is 0 Å². The molecule has 2 rings (SSSR count). The molecule has 1 aromatic heterocycles. The number of amides is 1. The van der Waals surface area contributed by atoms with Crippen LogP contribution in [-0.2, 0) is 4.74 Å². The SMILES string of the molecule is COC(=O)c1cc(NC(=O)c2csc(N)n2)c(F)cc1F. The van der Waals surface area contributed by atoms with Gasteiger partial charge in [-0.1, -0.05) is 0 Å². The number of halogens is 2. The van der Waals surface area contributed by atoms with Crippen LogP contribution in [0, 0.1) is 11.6 Å². The van der Waals surface area contributed by atoms with Crippen LogP contribution in [0.2, 0.25) is 0 Å². The maximum Gasteiger partial charge on any atom is 0.340 e. The van der Waals surface area contributed by atoms with Crippen molar-refractivity contribution >= 4 is 34.0 Å². The zero-order valence-corrected chi connectivity index (χ0v) is 11.5. The average Bonchev–Trinajstić information content (AvgIpc) is 2.87. The Morgan fingerprint density at radius 2 is 2.05 bits per heavy atom. The molecule has 2 aromatic rings. The van der Waals surface area contributed by atoms with Crippen LogP contribution in [0.4, 0.5) is 19.6 Å². The van der Waals surface area contributed by atoms with Gasteiger partial charge in [0.15, 0.2) is 5.13 Å². The number of benzene rings is 1. The van der Waals surface area contributed by atoms with Crippen LogP contribution in [0.1, 0.15) is 20.8 Å². The van der Waals surface area contributed by atoms with E-state index in [-0.39, 0.29) is 16.5 Å². The van der Waals surface area contributed by atoms with Gasteiger partial charge in [-0.25, -0.2) is 18.6 Å². The van der Waals surface area contributed by atoms with E-state index < -0.39 is 29.1 Å². The summed E-state index contributed by atoms with van der Waals surface area (Å²) in [5.74, 6) is -3.84. The predicted octanol–water partition coefficient (Wildman–Crippen LogP) is 2.04. The summed E-state index contributed by atoms with van der Waals surface area (Å²) in [4.78, 5) is 26.9. The van der Waals surface area contributed by atoms with E-state index in [0.29, 0.717) is 6.07 Å². The summed E-state index contributed by atoms with van der Waals surface area (Å²) in [6, 6.07) is 1.33. The number of nitrogens with zero attached hydrogens (tertiary/aromatic N) is 1. The smallest absolute Gasteiger partial charge is 0.340 e. The first-order valence-electron chi connectivity index (χ1n) is 5.52. The molecule has 3 N–H and O–H groups in total. The standard InChI is InChI=1S/C12H9F2N3O3S/c1-20-11(19)5-2-8(7(14)3-6(5)13)16-10(18)9-4-21-12(15)17-9/h2-4H,1H3,(H2,15,17)(H,16,18). The Hall–Kier alpha value is -2.55. The third-order valence-corrected chi connectivity index (χ3v) is 3.14. The maximum absolute atomic E-state index is 13.6. The van der Waals surface area contributed by atoms with Crippen LogP contribution in [-0.4, -0.2) is 24.0 Å². The van der Waals surface area contributed by atoms with Crippen molar-refractivity contribution < 1.29 is 23.1 Å². The number of methoxy groups -OCH3 is 1. The minimum atomic E-state index is -1.09. The molecule has 0 aliphatic heterocycles. The number of carbonyl (C=O) groups excluding carboxylic acids is 2. The molecule has 0 bridgehead atoms. The number of nitrogen functional groups attached to an aromatic ring is 1. The summed E-state index contributed by atoms with van der Waals surface area (Å²) in [5.41, 5.74) is 4.51. The number of nitrogens with two attached hydrogens (primary N) is 1. The number of esters is 1. The van der Waals surface area contributed by atoms with Crippen molar-refractivity contribution in [2.75, 3.05) is 18.2 Å². The van der Waals surface area contributed by atoms with Crippen molar-refractivity contribution in [1.29, 1.82) is 0 Å². The first-order chi connectivity index (χ1) is 9.92. The molecular formula is C12H9F2N3O3S.